The van der Waals surface area contributed by atoms with Crippen LogP contribution in [0.1, 0.15) is 52.4 Å². The van der Waals surface area contributed by atoms with E-state index in [9.17, 15) is 9.90 Å². The van der Waals surface area contributed by atoms with Gasteiger partial charge in [0.25, 0.3) is 0 Å². The summed E-state index contributed by atoms with van der Waals surface area (Å²) in [5.74, 6) is 3.03. The van der Waals surface area contributed by atoms with Gasteiger partial charge in [-0.2, -0.15) is 0 Å². The third-order valence-electron chi connectivity index (χ3n) is 9.86. The Hall–Kier alpha value is -0.670. The Morgan fingerprint density at radius 1 is 1.32 bits per heavy atom. The van der Waals surface area contributed by atoms with E-state index in [0.717, 1.165) is 31.3 Å². The molecule has 0 aromatic heterocycles. The fraction of sp³-hybridized carbons (Fsp3) is 0.864. The number of allylic oxidation sites excluding steroid dienone is 2. The monoisotopic (exact) mass is 341 g/mol. The smallest absolute Gasteiger partial charge is 0.138 e. The van der Waals surface area contributed by atoms with Crippen LogP contribution in [0, 0.1) is 39.9 Å². The third-order valence-corrected chi connectivity index (χ3v) is 9.86. The molecule has 0 amide bonds. The van der Waals surface area contributed by atoms with E-state index in [-0.39, 0.29) is 22.9 Å². The largest absolute Gasteiger partial charge is 0.395 e. The highest BCUT2D eigenvalue weighted by molar-refractivity contribution is 5.87. The zero-order chi connectivity index (χ0) is 17.2. The maximum absolute atomic E-state index is 13.6. The first-order valence-corrected chi connectivity index (χ1v) is 10.5. The average molecular weight is 341 g/mol. The first kappa shape index (κ1) is 15.4. The third kappa shape index (κ3) is 1.46. The Bertz CT molecular complexity index is 700. The molecule has 3 heteroatoms. The molecule has 0 aromatic rings. The Balaban J connectivity index is 1.62. The summed E-state index contributed by atoms with van der Waals surface area (Å²) in [6.45, 7) is 6.80. The van der Waals surface area contributed by atoms with Gasteiger partial charge in [-0.25, -0.2) is 0 Å². The van der Waals surface area contributed by atoms with Crippen molar-refractivity contribution in [3.63, 3.8) is 0 Å². The molecule has 3 nitrogen and oxygen atoms in total. The Labute approximate surface area is 150 Å². The lowest BCUT2D eigenvalue weighted by Gasteiger charge is -2.66. The van der Waals surface area contributed by atoms with Crippen LogP contribution < -0.4 is 0 Å². The molecule has 7 rings (SSSR count). The van der Waals surface area contributed by atoms with Crippen molar-refractivity contribution in [2.24, 2.45) is 39.9 Å². The summed E-state index contributed by atoms with van der Waals surface area (Å²) in [6, 6.07) is 0.545. The second-order valence-corrected chi connectivity index (χ2v) is 10.7. The number of carbonyl (C=O) groups is 1. The molecule has 1 unspecified atom stereocenters. The van der Waals surface area contributed by atoms with E-state index in [4.69, 9.17) is 0 Å². The Morgan fingerprint density at radius 2 is 2.16 bits per heavy atom. The molecule has 0 radical (unpaired) electrons. The van der Waals surface area contributed by atoms with E-state index < -0.39 is 0 Å². The number of piperidine rings is 1. The molecule has 1 aliphatic heterocycles. The van der Waals surface area contributed by atoms with Gasteiger partial charge in [-0.3, -0.25) is 9.69 Å². The first-order chi connectivity index (χ1) is 12.0. The zero-order valence-corrected chi connectivity index (χ0v) is 15.6. The fourth-order valence-electron chi connectivity index (χ4n) is 9.73. The highest BCUT2D eigenvalue weighted by Gasteiger charge is 2.80. The van der Waals surface area contributed by atoms with Crippen LogP contribution >= 0.6 is 0 Å². The quantitative estimate of drug-likeness (QED) is 0.785. The average Bonchev–Trinajstić information content (AvgIpc) is 2.64. The molecule has 136 valence electrons. The van der Waals surface area contributed by atoms with Crippen molar-refractivity contribution in [2.45, 2.75) is 58.4 Å². The van der Waals surface area contributed by atoms with Crippen LogP contribution in [-0.2, 0) is 4.79 Å². The summed E-state index contributed by atoms with van der Waals surface area (Å²) in [5, 5.41) is 9.77. The molecule has 5 fully saturated rings. The van der Waals surface area contributed by atoms with Crippen molar-refractivity contribution in [3.05, 3.63) is 11.6 Å². The maximum Gasteiger partial charge on any atom is 0.138 e. The van der Waals surface area contributed by atoms with Gasteiger partial charge in [-0.1, -0.05) is 25.0 Å². The van der Waals surface area contributed by atoms with Crippen LogP contribution in [0.25, 0.3) is 0 Å². The van der Waals surface area contributed by atoms with Gasteiger partial charge in [-0.15, -0.1) is 0 Å². The minimum atomic E-state index is 0.137. The van der Waals surface area contributed by atoms with Crippen LogP contribution in [0.15, 0.2) is 11.6 Å². The molecule has 0 aromatic carbocycles. The van der Waals surface area contributed by atoms with E-state index in [2.05, 4.69) is 24.8 Å². The zero-order valence-electron chi connectivity index (χ0n) is 15.6. The molecular formula is C22H31NO2. The van der Waals surface area contributed by atoms with Crippen molar-refractivity contribution in [1.29, 1.82) is 0 Å². The number of Topliss-reactive ketones (excluding diaryl/α,β-unsaturated/α-hetero) is 1. The van der Waals surface area contributed by atoms with Crippen LogP contribution in [0.5, 0.6) is 0 Å². The molecule has 1 saturated heterocycles. The molecule has 1 heterocycles. The number of aliphatic hydroxyl groups is 1. The van der Waals surface area contributed by atoms with Crippen LogP contribution in [-0.4, -0.2) is 41.5 Å². The number of nitrogens with zero attached hydrogens (tertiary/aromatic N) is 1. The molecule has 6 aliphatic carbocycles. The lowest BCUT2D eigenvalue weighted by molar-refractivity contribution is -0.184. The minimum Gasteiger partial charge on any atom is -0.395 e. The van der Waals surface area contributed by atoms with Gasteiger partial charge in [0, 0.05) is 42.3 Å². The van der Waals surface area contributed by atoms with Gasteiger partial charge < -0.3 is 5.11 Å². The predicted octanol–water partition coefficient (Wildman–Crippen LogP) is 3.03. The van der Waals surface area contributed by atoms with E-state index in [0.29, 0.717) is 23.7 Å². The summed E-state index contributed by atoms with van der Waals surface area (Å²) in [6.07, 6.45) is 9.79. The first-order valence-electron chi connectivity index (χ1n) is 10.5. The number of hydrogen-bond acceptors (Lipinski definition) is 3. The predicted molar refractivity (Wildman–Crippen MR) is 95.8 cm³/mol. The summed E-state index contributed by atoms with van der Waals surface area (Å²) >= 11 is 0. The Morgan fingerprint density at radius 3 is 2.96 bits per heavy atom. The van der Waals surface area contributed by atoms with Crippen LogP contribution in [0.2, 0.25) is 0 Å². The molecule has 1 N–H and O–H groups in total. The summed E-state index contributed by atoms with van der Waals surface area (Å²) in [7, 11) is 0. The Kier molecular flexibility index (Phi) is 2.72. The van der Waals surface area contributed by atoms with Gasteiger partial charge in [0.2, 0.25) is 0 Å². The normalized spacial score (nSPS) is 58.4. The number of likely N-dealkylation sites (tertiary alicyclic amines) is 1. The van der Waals surface area contributed by atoms with Crippen molar-refractivity contribution in [2.75, 3.05) is 19.7 Å². The SMILES string of the molecule is CC1=CC23CC(=O)[C@H]4[C@@]5(C)CCC[C@@]46[C@@H]2C[C@H]1C[C@@H]3[C@H]6N(CCO)C5. The molecule has 4 saturated carbocycles. The molecule has 8 atom stereocenters. The number of β-amino-alcohol motifs (C(OH)–C–C–N with tert-alkyl or cyclic N) is 1. The number of ketones is 1. The molecule has 2 spiro atoms. The van der Waals surface area contributed by atoms with Gasteiger partial charge in [0.15, 0.2) is 0 Å². The standard InChI is InChI=1S/C22H31NO2/c1-13-10-21-11-16(25)18-20(2)4-3-5-22(18)17(21)9-14(13)8-15(21)19(22)23(12-20)6-7-24/h10,14-15,17-19,24H,3-9,11-12H2,1-2H3/t14-,15-,17-,18+,19-,20+,21?,22-/m1/s1. The molecule has 25 heavy (non-hydrogen) atoms. The number of carbonyl (C=O) groups excluding carboxylic acids is 1. The van der Waals surface area contributed by atoms with Gasteiger partial charge >= 0.3 is 0 Å². The van der Waals surface area contributed by atoms with Crippen molar-refractivity contribution >= 4 is 5.78 Å². The van der Waals surface area contributed by atoms with Crippen LogP contribution in [0.4, 0.5) is 0 Å². The van der Waals surface area contributed by atoms with E-state index in [1.54, 1.807) is 5.57 Å². The second kappa shape index (κ2) is 4.42. The van der Waals surface area contributed by atoms with Crippen molar-refractivity contribution in [1.82, 2.24) is 4.90 Å². The van der Waals surface area contributed by atoms with E-state index in [1.165, 1.54) is 32.1 Å². The number of rotatable bonds is 2. The van der Waals surface area contributed by atoms with Crippen molar-refractivity contribution < 1.29 is 9.90 Å². The van der Waals surface area contributed by atoms with Gasteiger partial charge in [-0.05, 0) is 55.8 Å². The lowest BCUT2D eigenvalue weighted by Crippen LogP contribution is -2.69. The fourth-order valence-corrected chi connectivity index (χ4v) is 9.73. The molecular weight excluding hydrogens is 310 g/mol. The maximum atomic E-state index is 13.6. The summed E-state index contributed by atoms with van der Waals surface area (Å²) in [5.41, 5.74) is 2.08. The van der Waals surface area contributed by atoms with Crippen molar-refractivity contribution in [3.8, 4) is 0 Å². The van der Waals surface area contributed by atoms with E-state index >= 15 is 0 Å². The lowest BCUT2D eigenvalue weighted by atomic mass is 9.40. The van der Waals surface area contributed by atoms with E-state index in [1.807, 2.05) is 0 Å². The molecule has 7 aliphatic rings. The van der Waals surface area contributed by atoms with Crippen LogP contribution in [0.3, 0.4) is 0 Å². The van der Waals surface area contributed by atoms with Gasteiger partial charge in [0.1, 0.15) is 5.78 Å². The number of hydrogen-bond donors (Lipinski definition) is 1. The van der Waals surface area contributed by atoms with Gasteiger partial charge in [0.05, 0.1) is 6.61 Å². The minimum absolute atomic E-state index is 0.137. The highest BCUT2D eigenvalue weighted by Crippen LogP contribution is 2.80. The second-order valence-electron chi connectivity index (χ2n) is 10.7. The number of aliphatic hydroxyl groups excluding tert-OH is 1. The summed E-state index contributed by atoms with van der Waals surface area (Å²) in [4.78, 5) is 16.2. The summed E-state index contributed by atoms with van der Waals surface area (Å²) < 4.78 is 0. The molecule has 6 bridgehead atoms. The highest BCUT2D eigenvalue weighted by atomic mass is 16.3. The topological polar surface area (TPSA) is 40.5 Å².